The topological polar surface area (TPSA) is 104 Å². The van der Waals surface area contributed by atoms with Gasteiger partial charge in [0.25, 0.3) is 5.91 Å². The smallest absolute Gasteiger partial charge is 0.253 e. The van der Waals surface area contributed by atoms with Gasteiger partial charge in [-0.25, -0.2) is 13.1 Å². The molecule has 7 nitrogen and oxygen atoms in total. The number of amides is 2. The molecule has 0 unspecified atom stereocenters. The Hall–Kier alpha value is -2.68. The highest BCUT2D eigenvalue weighted by Gasteiger charge is 2.16. The zero-order valence-corrected chi connectivity index (χ0v) is 16.5. The SMILES string of the molecule is C=CCNC(=O)c1ccccc1NC(=O)CCNS(=O)(=O)c1cccc(Cl)c1. The van der Waals surface area contributed by atoms with E-state index in [-0.39, 0.29) is 23.8 Å². The number of anilines is 1. The molecule has 0 aliphatic rings. The number of carbonyl (C=O) groups is 2. The summed E-state index contributed by atoms with van der Waals surface area (Å²) < 4.78 is 26.8. The lowest BCUT2D eigenvalue weighted by molar-refractivity contribution is -0.116. The van der Waals surface area contributed by atoms with Gasteiger partial charge in [-0.1, -0.05) is 35.9 Å². The molecular weight excluding hydrogens is 402 g/mol. The standard InChI is InChI=1S/C19H20ClN3O4S/c1-2-11-21-19(25)16-8-3-4-9-17(16)23-18(24)10-12-22-28(26,27)15-7-5-6-14(20)13-15/h2-9,13,22H,1,10-12H2,(H,21,25)(H,23,24). The molecule has 0 spiro atoms. The predicted molar refractivity (Wildman–Crippen MR) is 109 cm³/mol. The fourth-order valence-electron chi connectivity index (χ4n) is 2.28. The Bertz CT molecular complexity index is 977. The third kappa shape index (κ3) is 6.19. The monoisotopic (exact) mass is 421 g/mol. The number of nitrogens with one attached hydrogen (secondary N) is 3. The molecule has 0 saturated heterocycles. The summed E-state index contributed by atoms with van der Waals surface area (Å²) in [6, 6.07) is 12.4. The van der Waals surface area contributed by atoms with E-state index in [0.717, 1.165) is 0 Å². The molecule has 3 N–H and O–H groups in total. The van der Waals surface area contributed by atoms with Crippen LogP contribution in [0.15, 0.2) is 66.1 Å². The lowest BCUT2D eigenvalue weighted by Gasteiger charge is -2.11. The number of hydrogen-bond acceptors (Lipinski definition) is 4. The third-order valence-corrected chi connectivity index (χ3v) is 5.30. The number of benzene rings is 2. The highest BCUT2D eigenvalue weighted by atomic mass is 35.5. The molecule has 2 aromatic carbocycles. The van der Waals surface area contributed by atoms with Crippen molar-refractivity contribution in [1.82, 2.24) is 10.0 Å². The molecule has 28 heavy (non-hydrogen) atoms. The van der Waals surface area contributed by atoms with E-state index in [4.69, 9.17) is 11.6 Å². The Kier molecular flexibility index (Phi) is 7.74. The van der Waals surface area contributed by atoms with Gasteiger partial charge in [-0.05, 0) is 30.3 Å². The first kappa shape index (κ1) is 21.6. The number of rotatable bonds is 9. The summed E-state index contributed by atoms with van der Waals surface area (Å²) in [5.74, 6) is -0.782. The fourth-order valence-corrected chi connectivity index (χ4v) is 3.61. The lowest BCUT2D eigenvalue weighted by atomic mass is 10.1. The first-order valence-corrected chi connectivity index (χ1v) is 10.2. The maximum absolute atomic E-state index is 12.2. The van der Waals surface area contributed by atoms with Crippen LogP contribution in [-0.2, 0) is 14.8 Å². The van der Waals surface area contributed by atoms with Gasteiger partial charge in [0.2, 0.25) is 15.9 Å². The van der Waals surface area contributed by atoms with Crippen molar-refractivity contribution in [3.8, 4) is 0 Å². The predicted octanol–water partition coefficient (Wildman–Crippen LogP) is 2.56. The number of halogens is 1. The molecule has 2 rings (SSSR count). The average Bonchev–Trinajstić information content (AvgIpc) is 2.66. The second kappa shape index (κ2) is 10.0. The quantitative estimate of drug-likeness (QED) is 0.541. The molecule has 0 heterocycles. The second-order valence-electron chi connectivity index (χ2n) is 5.70. The molecule has 0 aromatic heterocycles. The Labute approximate surface area is 168 Å². The van der Waals surface area contributed by atoms with E-state index in [2.05, 4.69) is 21.9 Å². The van der Waals surface area contributed by atoms with Crippen molar-refractivity contribution in [3.63, 3.8) is 0 Å². The highest BCUT2D eigenvalue weighted by molar-refractivity contribution is 7.89. The molecule has 2 aromatic rings. The molecule has 0 radical (unpaired) electrons. The van der Waals surface area contributed by atoms with Crippen molar-refractivity contribution in [2.45, 2.75) is 11.3 Å². The normalized spacial score (nSPS) is 10.9. The van der Waals surface area contributed by atoms with Crippen LogP contribution >= 0.6 is 11.6 Å². The fraction of sp³-hybridized carbons (Fsp3) is 0.158. The molecular formula is C19H20ClN3O4S. The molecule has 0 fully saturated rings. The van der Waals surface area contributed by atoms with Gasteiger partial charge in [0.1, 0.15) is 0 Å². The van der Waals surface area contributed by atoms with Gasteiger partial charge in [0.15, 0.2) is 0 Å². The van der Waals surface area contributed by atoms with Gasteiger partial charge in [-0.3, -0.25) is 9.59 Å². The van der Waals surface area contributed by atoms with Crippen LogP contribution in [0.2, 0.25) is 5.02 Å². The van der Waals surface area contributed by atoms with E-state index < -0.39 is 15.9 Å². The van der Waals surface area contributed by atoms with Crippen LogP contribution in [0, 0.1) is 0 Å². The summed E-state index contributed by atoms with van der Waals surface area (Å²) in [4.78, 5) is 24.3. The summed E-state index contributed by atoms with van der Waals surface area (Å²) in [5.41, 5.74) is 0.643. The average molecular weight is 422 g/mol. The van der Waals surface area contributed by atoms with Gasteiger partial charge < -0.3 is 10.6 Å². The summed E-state index contributed by atoms with van der Waals surface area (Å²) >= 11 is 5.80. The van der Waals surface area contributed by atoms with Gasteiger partial charge >= 0.3 is 0 Å². The summed E-state index contributed by atoms with van der Waals surface area (Å²) in [6.07, 6.45) is 1.44. The van der Waals surface area contributed by atoms with Crippen molar-refractivity contribution >= 4 is 39.1 Å². The molecule has 9 heteroatoms. The molecule has 0 atom stereocenters. The van der Waals surface area contributed by atoms with Crippen LogP contribution < -0.4 is 15.4 Å². The Morgan fingerprint density at radius 1 is 1.11 bits per heavy atom. The summed E-state index contributed by atoms with van der Waals surface area (Å²) in [6.45, 7) is 3.72. The minimum atomic E-state index is -3.77. The van der Waals surface area contributed by atoms with Crippen molar-refractivity contribution in [1.29, 1.82) is 0 Å². The van der Waals surface area contributed by atoms with Crippen molar-refractivity contribution in [3.05, 3.63) is 71.8 Å². The Morgan fingerprint density at radius 2 is 1.86 bits per heavy atom. The molecule has 148 valence electrons. The molecule has 0 aliphatic carbocycles. The largest absolute Gasteiger partial charge is 0.349 e. The first-order valence-electron chi connectivity index (χ1n) is 8.36. The lowest BCUT2D eigenvalue weighted by Crippen LogP contribution is -2.28. The maximum Gasteiger partial charge on any atom is 0.253 e. The van der Waals surface area contributed by atoms with Gasteiger partial charge in [0.05, 0.1) is 16.1 Å². The van der Waals surface area contributed by atoms with Gasteiger partial charge in [-0.15, -0.1) is 6.58 Å². The van der Waals surface area contributed by atoms with Crippen LogP contribution in [0.4, 0.5) is 5.69 Å². The van der Waals surface area contributed by atoms with Crippen LogP contribution in [0.1, 0.15) is 16.8 Å². The molecule has 2 amide bonds. The number of hydrogen-bond donors (Lipinski definition) is 3. The van der Waals surface area contributed by atoms with Crippen LogP contribution in [0.5, 0.6) is 0 Å². The van der Waals surface area contributed by atoms with Crippen molar-refractivity contribution < 1.29 is 18.0 Å². The van der Waals surface area contributed by atoms with Crippen molar-refractivity contribution in [2.75, 3.05) is 18.4 Å². The van der Waals surface area contributed by atoms with Crippen LogP contribution in [0.3, 0.4) is 0 Å². The van der Waals surface area contributed by atoms with E-state index in [0.29, 0.717) is 22.8 Å². The maximum atomic E-state index is 12.2. The summed E-state index contributed by atoms with van der Waals surface area (Å²) in [7, 11) is -3.77. The van der Waals surface area contributed by atoms with E-state index in [1.54, 1.807) is 36.4 Å². The van der Waals surface area contributed by atoms with Crippen molar-refractivity contribution in [2.24, 2.45) is 0 Å². The molecule has 0 bridgehead atoms. The first-order chi connectivity index (χ1) is 13.3. The third-order valence-electron chi connectivity index (χ3n) is 3.60. The van der Waals surface area contributed by atoms with Crippen LogP contribution in [0.25, 0.3) is 0 Å². The Morgan fingerprint density at radius 3 is 2.57 bits per heavy atom. The van der Waals surface area contributed by atoms with Gasteiger partial charge in [-0.2, -0.15) is 0 Å². The van der Waals surface area contributed by atoms with Gasteiger partial charge in [0, 0.05) is 24.5 Å². The minimum absolute atomic E-state index is 0.0182. The minimum Gasteiger partial charge on any atom is -0.349 e. The van der Waals surface area contributed by atoms with E-state index in [1.165, 1.54) is 18.2 Å². The van der Waals surface area contributed by atoms with Crippen LogP contribution in [-0.4, -0.2) is 33.3 Å². The van der Waals surface area contributed by atoms with E-state index in [9.17, 15) is 18.0 Å². The molecule has 0 aliphatic heterocycles. The number of carbonyl (C=O) groups excluding carboxylic acids is 2. The number of sulfonamides is 1. The van der Waals surface area contributed by atoms with E-state index in [1.807, 2.05) is 0 Å². The number of para-hydroxylation sites is 1. The zero-order valence-electron chi connectivity index (χ0n) is 14.9. The van der Waals surface area contributed by atoms with E-state index >= 15 is 0 Å². The highest BCUT2D eigenvalue weighted by Crippen LogP contribution is 2.16. The second-order valence-corrected chi connectivity index (χ2v) is 7.90. The Balaban J connectivity index is 1.94. The zero-order chi connectivity index (χ0) is 20.6. The summed E-state index contributed by atoms with van der Waals surface area (Å²) in [5, 5.41) is 5.56. The molecule has 0 saturated carbocycles.